The number of piperidine rings is 1. The van der Waals surface area contributed by atoms with E-state index in [1.165, 1.54) is 0 Å². The molecule has 4 atom stereocenters. The maximum absolute atomic E-state index is 12.6. The third kappa shape index (κ3) is 8.17. The molecule has 0 radical (unpaired) electrons. The van der Waals surface area contributed by atoms with Crippen LogP contribution in [-0.2, 0) is 16.0 Å². The highest BCUT2D eigenvalue weighted by Gasteiger charge is 2.33. The molecule has 1 unspecified atom stereocenters. The minimum absolute atomic E-state index is 0.183. The molecule has 1 fully saturated rings. The zero-order chi connectivity index (χ0) is 21.2. The first-order chi connectivity index (χ1) is 13.9. The van der Waals surface area contributed by atoms with Crippen LogP contribution in [-0.4, -0.2) is 45.7 Å². The predicted octanol–water partition coefficient (Wildman–Crippen LogP) is 4.28. The molecule has 1 amide bonds. The fourth-order valence-electron chi connectivity index (χ4n) is 4.53. The van der Waals surface area contributed by atoms with Gasteiger partial charge in [-0.25, -0.2) is 0 Å². The number of carboxylic acid groups (broad SMARTS) is 1. The molecule has 0 saturated carbocycles. The van der Waals surface area contributed by atoms with Crippen molar-refractivity contribution in [2.45, 2.75) is 83.8 Å². The molecule has 0 bridgehead atoms. The first-order valence-electron chi connectivity index (χ1n) is 11.1. The van der Waals surface area contributed by atoms with Crippen molar-refractivity contribution in [3.63, 3.8) is 0 Å². The van der Waals surface area contributed by atoms with Crippen molar-refractivity contribution in [1.82, 2.24) is 4.90 Å². The molecule has 1 heterocycles. The number of rotatable bonds is 12. The normalized spacial score (nSPS) is 20.3. The van der Waals surface area contributed by atoms with E-state index >= 15 is 0 Å². The number of aliphatic hydroxyl groups excluding tert-OH is 1. The number of benzene rings is 1. The Labute approximate surface area is 175 Å². The van der Waals surface area contributed by atoms with Gasteiger partial charge in [-0.2, -0.15) is 0 Å². The van der Waals surface area contributed by atoms with Gasteiger partial charge in [0.2, 0.25) is 5.91 Å². The summed E-state index contributed by atoms with van der Waals surface area (Å²) in [5.74, 6) is 0.0850. The SMILES string of the molecule is C[C@@H](CCCCC(=O)O)CN1C(=O)CCC[C@@H]1[C@@H](C)CC(O)Cc1ccccc1. The number of carbonyl (C=O) groups is 2. The van der Waals surface area contributed by atoms with E-state index in [0.29, 0.717) is 31.6 Å². The van der Waals surface area contributed by atoms with Crippen LogP contribution in [0.5, 0.6) is 0 Å². The molecular weight excluding hydrogens is 366 g/mol. The van der Waals surface area contributed by atoms with E-state index in [2.05, 4.69) is 13.8 Å². The summed E-state index contributed by atoms with van der Waals surface area (Å²) < 4.78 is 0. The molecule has 0 aliphatic carbocycles. The number of likely N-dealkylation sites (tertiary alicyclic amines) is 1. The molecule has 5 nitrogen and oxygen atoms in total. The van der Waals surface area contributed by atoms with Crippen LogP contribution >= 0.6 is 0 Å². The van der Waals surface area contributed by atoms with Gasteiger partial charge >= 0.3 is 5.97 Å². The fourth-order valence-corrected chi connectivity index (χ4v) is 4.53. The first kappa shape index (κ1) is 23.4. The van der Waals surface area contributed by atoms with Crippen LogP contribution < -0.4 is 0 Å². The van der Waals surface area contributed by atoms with Gasteiger partial charge in [0.05, 0.1) is 6.10 Å². The minimum Gasteiger partial charge on any atom is -0.481 e. The molecule has 29 heavy (non-hydrogen) atoms. The van der Waals surface area contributed by atoms with Crippen molar-refractivity contribution in [2.24, 2.45) is 11.8 Å². The van der Waals surface area contributed by atoms with Gasteiger partial charge in [0.1, 0.15) is 0 Å². The van der Waals surface area contributed by atoms with Gasteiger partial charge < -0.3 is 15.1 Å². The molecule has 2 rings (SSSR count). The number of aliphatic carboxylic acids is 1. The van der Waals surface area contributed by atoms with E-state index in [9.17, 15) is 14.7 Å². The second-order valence-corrected chi connectivity index (χ2v) is 8.81. The molecule has 2 N–H and O–H groups in total. The van der Waals surface area contributed by atoms with E-state index in [4.69, 9.17) is 5.11 Å². The number of carbonyl (C=O) groups excluding carboxylic acids is 1. The van der Waals surface area contributed by atoms with Gasteiger partial charge in [-0.05, 0) is 55.9 Å². The van der Waals surface area contributed by atoms with E-state index in [0.717, 1.165) is 37.8 Å². The molecular formula is C24H37NO4. The first-order valence-corrected chi connectivity index (χ1v) is 11.1. The molecule has 1 aromatic rings. The lowest BCUT2D eigenvalue weighted by Gasteiger charge is -2.41. The fraction of sp³-hybridized carbons (Fsp3) is 0.667. The van der Waals surface area contributed by atoms with Gasteiger partial charge in [-0.3, -0.25) is 9.59 Å². The summed E-state index contributed by atoms with van der Waals surface area (Å²) in [6.07, 6.45) is 6.19. The molecule has 5 heteroatoms. The predicted molar refractivity (Wildman–Crippen MR) is 115 cm³/mol. The third-order valence-corrected chi connectivity index (χ3v) is 6.07. The summed E-state index contributed by atoms with van der Waals surface area (Å²) in [6, 6.07) is 10.2. The van der Waals surface area contributed by atoms with Crippen LogP contribution in [0, 0.1) is 11.8 Å². The largest absolute Gasteiger partial charge is 0.481 e. The minimum atomic E-state index is -0.744. The molecule has 1 saturated heterocycles. The number of hydrogen-bond donors (Lipinski definition) is 2. The summed E-state index contributed by atoms with van der Waals surface area (Å²) in [5, 5.41) is 19.3. The Morgan fingerprint density at radius 1 is 1.21 bits per heavy atom. The number of unbranched alkanes of at least 4 members (excludes halogenated alkanes) is 1. The Bertz CT molecular complexity index is 633. The Hall–Kier alpha value is -1.88. The molecule has 162 valence electrons. The summed E-state index contributed by atoms with van der Waals surface area (Å²) in [5.41, 5.74) is 1.14. The Kier molecular flexibility index (Phi) is 9.65. The molecule has 1 aliphatic rings. The second-order valence-electron chi connectivity index (χ2n) is 8.81. The Morgan fingerprint density at radius 2 is 1.93 bits per heavy atom. The monoisotopic (exact) mass is 403 g/mol. The smallest absolute Gasteiger partial charge is 0.303 e. The van der Waals surface area contributed by atoms with Crippen molar-refractivity contribution in [1.29, 1.82) is 0 Å². The zero-order valence-corrected chi connectivity index (χ0v) is 17.9. The lowest BCUT2D eigenvalue weighted by Crippen LogP contribution is -2.49. The maximum Gasteiger partial charge on any atom is 0.303 e. The van der Waals surface area contributed by atoms with E-state index in [-0.39, 0.29) is 24.3 Å². The summed E-state index contributed by atoms with van der Waals surface area (Å²) in [4.78, 5) is 25.3. The number of nitrogens with zero attached hydrogens (tertiary/aromatic N) is 1. The van der Waals surface area contributed by atoms with E-state index in [1.54, 1.807) is 0 Å². The van der Waals surface area contributed by atoms with Crippen LogP contribution in [0.15, 0.2) is 30.3 Å². The number of aliphatic hydroxyl groups is 1. The zero-order valence-electron chi connectivity index (χ0n) is 17.9. The van der Waals surface area contributed by atoms with E-state index in [1.807, 2.05) is 35.2 Å². The summed E-state index contributed by atoms with van der Waals surface area (Å²) in [6.45, 7) is 5.03. The Morgan fingerprint density at radius 3 is 2.62 bits per heavy atom. The molecule has 0 aromatic heterocycles. The van der Waals surface area contributed by atoms with Crippen molar-refractivity contribution in [3.05, 3.63) is 35.9 Å². The van der Waals surface area contributed by atoms with Crippen LogP contribution in [0.2, 0.25) is 0 Å². The van der Waals surface area contributed by atoms with Crippen molar-refractivity contribution >= 4 is 11.9 Å². The van der Waals surface area contributed by atoms with Gasteiger partial charge in [0.25, 0.3) is 0 Å². The average Bonchev–Trinajstić information content (AvgIpc) is 2.67. The lowest BCUT2D eigenvalue weighted by atomic mass is 9.85. The van der Waals surface area contributed by atoms with Crippen molar-refractivity contribution < 1.29 is 19.8 Å². The van der Waals surface area contributed by atoms with Crippen LogP contribution in [0.3, 0.4) is 0 Å². The summed E-state index contributed by atoms with van der Waals surface area (Å²) >= 11 is 0. The van der Waals surface area contributed by atoms with Crippen molar-refractivity contribution in [2.75, 3.05) is 6.54 Å². The highest BCUT2D eigenvalue weighted by molar-refractivity contribution is 5.77. The summed E-state index contributed by atoms with van der Waals surface area (Å²) in [7, 11) is 0. The van der Waals surface area contributed by atoms with Crippen LogP contribution in [0.25, 0.3) is 0 Å². The molecule has 1 aromatic carbocycles. The van der Waals surface area contributed by atoms with Crippen LogP contribution in [0.4, 0.5) is 0 Å². The highest BCUT2D eigenvalue weighted by Crippen LogP contribution is 2.29. The Balaban J connectivity index is 1.86. The number of carboxylic acids is 1. The molecule has 0 spiro atoms. The maximum atomic E-state index is 12.6. The van der Waals surface area contributed by atoms with Crippen molar-refractivity contribution in [3.8, 4) is 0 Å². The average molecular weight is 404 g/mol. The number of amides is 1. The third-order valence-electron chi connectivity index (χ3n) is 6.07. The van der Waals surface area contributed by atoms with Gasteiger partial charge in [0.15, 0.2) is 0 Å². The topological polar surface area (TPSA) is 77.8 Å². The lowest BCUT2D eigenvalue weighted by molar-refractivity contribution is -0.139. The van der Waals surface area contributed by atoms with Gasteiger partial charge in [-0.15, -0.1) is 0 Å². The van der Waals surface area contributed by atoms with E-state index < -0.39 is 12.1 Å². The molecule has 1 aliphatic heterocycles. The quantitative estimate of drug-likeness (QED) is 0.511. The highest BCUT2D eigenvalue weighted by atomic mass is 16.4. The standard InChI is InChI=1S/C24H37NO4/c1-18(9-6-7-14-24(28)29)17-25-22(12-8-13-23(25)27)19(2)15-21(26)16-20-10-4-3-5-11-20/h3-5,10-11,18-19,21-22,26H,6-9,12-17H2,1-2H3,(H,28,29)/t18-,19-,21?,22+/m0/s1. The second kappa shape index (κ2) is 12.0. The van der Waals surface area contributed by atoms with Crippen LogP contribution in [0.1, 0.15) is 70.8 Å². The van der Waals surface area contributed by atoms with Gasteiger partial charge in [-0.1, -0.05) is 50.6 Å². The number of hydrogen-bond acceptors (Lipinski definition) is 3. The van der Waals surface area contributed by atoms with Gasteiger partial charge in [0, 0.05) is 25.4 Å².